The van der Waals surface area contributed by atoms with Gasteiger partial charge in [0.1, 0.15) is 85.6 Å². The fraction of sp³-hybridized carbons (Fsp3) is 0.275. The molecule has 1 amide bonds. The van der Waals surface area contributed by atoms with Crippen molar-refractivity contribution in [2.24, 2.45) is 0 Å². The molecule has 4 aromatic carbocycles. The number of esters is 1. The number of nitrogens with zero attached hydrogens (tertiary/aromatic N) is 9. The molecule has 16 rings (SSSR count). The molecule has 0 spiro atoms. The minimum absolute atomic E-state index is 0.00243. The van der Waals surface area contributed by atoms with Gasteiger partial charge in [0.25, 0.3) is 5.91 Å². The summed E-state index contributed by atoms with van der Waals surface area (Å²) in [6.07, 6.45) is 14.6. The Morgan fingerprint density at radius 3 is 1.06 bits per heavy atom. The van der Waals surface area contributed by atoms with Crippen molar-refractivity contribution in [1.82, 2.24) is 55.4 Å². The average molecular weight is 1910 g/mol. The molecule has 0 saturated heterocycles. The number of hydrogen-bond acceptors (Lipinski definition) is 30. The van der Waals surface area contributed by atoms with E-state index in [9.17, 15) is 31.5 Å². The first-order chi connectivity index (χ1) is 61.1. The molecule has 11 N–H and O–H groups in total. The third kappa shape index (κ3) is 22.8. The molecular formula is C91H97N15O8S12. The van der Waals surface area contributed by atoms with E-state index in [1.54, 1.807) is 42.2 Å². The number of ether oxygens (including phenoxy) is 1. The number of benzene rings is 4. The molecule has 4 unspecified atom stereocenters. The topological polar surface area (TPSA) is 366 Å². The minimum Gasteiger partial charge on any atom is -0.461 e. The standard InChI is InChI=1S/C24H27N5O2S3.C23H26N4OS3.C23H23N3O3S3.C21H21N3O2S3/c1-3-4-12-34(31)24-20(25)19-17(14-18(29-23(19)33-24)22-28-10-11-32-22)15-6-5-7-16(13-15)21(30)27-9-8-26-2;1-4-5-12-31(28)23-20(24)19-17(16-8-6-15(7-9-16)14-27(2)3)13-18(26-22(19)30-23)21-25-10-11-29-21;1-3-4-11-32(28)23-20(24)19-17(16-7-5-15(6-8-16)13-29-14(2)27)12-18(26-22(19)31-23)21-25-9-10-30-21;1-2-3-10-29(26)21-18(22)17-15(14-6-4-13(12-25)5-7-14)11-16(24-20(17)28-21)19-23-8-9-27-19/h5-7,10-11,13-14,26H,3-4,8-9,12,25H2,1-2H3,(H,27,30);6-11,13H,4-5,12,14,24H2,1-3H3;5-10,12H,3-4,11,13,24H2,1-2H3;4-9,11,25H,2-3,10,12,22H2,1H3. The Morgan fingerprint density at radius 2 is 0.762 bits per heavy atom. The zero-order chi connectivity index (χ0) is 89.1. The van der Waals surface area contributed by atoms with Crippen LogP contribution in [0.15, 0.2) is 184 Å². The molecule has 35 heteroatoms. The van der Waals surface area contributed by atoms with E-state index < -0.39 is 43.2 Å². The van der Waals surface area contributed by atoms with Crippen molar-refractivity contribution >= 4 is 209 Å². The number of anilines is 4. The van der Waals surface area contributed by atoms with E-state index in [-0.39, 0.29) is 25.1 Å². The minimum atomic E-state index is -1.18. The first kappa shape index (κ1) is 94.1. The summed E-state index contributed by atoms with van der Waals surface area (Å²) in [6, 6.07) is 39.6. The van der Waals surface area contributed by atoms with Crippen LogP contribution < -0.4 is 33.6 Å². The number of fused-ring (bicyclic) bond motifs is 4. The van der Waals surface area contributed by atoms with Gasteiger partial charge in [-0.1, -0.05) is 138 Å². The van der Waals surface area contributed by atoms with Gasteiger partial charge < -0.3 is 48.3 Å². The number of carbonyl (C=O) groups is 2. The zero-order valence-electron chi connectivity index (χ0n) is 70.7. The highest BCUT2D eigenvalue weighted by atomic mass is 32.2. The number of nitrogen functional groups attached to an aromatic ring is 4. The fourth-order valence-corrected chi connectivity index (χ4v) is 27.0. The van der Waals surface area contributed by atoms with E-state index in [1.165, 1.54) is 91.8 Å². The number of nitrogens with two attached hydrogens (primary N) is 4. The number of rotatable bonds is 33. The number of unbranched alkanes of at least 4 members (excludes halogenated alkanes) is 4. The molecule has 0 aliphatic carbocycles. The molecule has 0 saturated carbocycles. The monoisotopic (exact) mass is 1910 g/mol. The van der Waals surface area contributed by atoms with Gasteiger partial charge in [-0.05, 0) is 144 Å². The lowest BCUT2D eigenvalue weighted by Crippen LogP contribution is -2.30. The summed E-state index contributed by atoms with van der Waals surface area (Å²) in [4.78, 5) is 65.9. The van der Waals surface area contributed by atoms with Crippen LogP contribution in [0.1, 0.15) is 113 Å². The summed E-state index contributed by atoms with van der Waals surface area (Å²) in [7, 11) is 1.39. The van der Waals surface area contributed by atoms with E-state index >= 15 is 0 Å². The van der Waals surface area contributed by atoms with Crippen molar-refractivity contribution in [3.05, 3.63) is 190 Å². The number of carbonyl (C=O) groups excluding carboxylic acids is 2. The second-order valence-electron chi connectivity index (χ2n) is 29.3. The van der Waals surface area contributed by atoms with Gasteiger partial charge in [-0.2, -0.15) is 0 Å². The third-order valence-corrected chi connectivity index (χ3v) is 35.0. The number of nitrogens with one attached hydrogen (secondary N) is 2. The highest BCUT2D eigenvalue weighted by Crippen LogP contribution is 2.48. The Kier molecular flexibility index (Phi) is 33.6. The Bertz CT molecular complexity index is 6500. The number of aliphatic hydroxyl groups excluding tert-OH is 1. The summed E-state index contributed by atoms with van der Waals surface area (Å²) >= 11 is 11.8. The van der Waals surface area contributed by atoms with Crippen molar-refractivity contribution in [3.8, 4) is 87.3 Å². The van der Waals surface area contributed by atoms with Crippen molar-refractivity contribution in [2.75, 3.05) is 80.2 Å². The Labute approximate surface area is 773 Å². The van der Waals surface area contributed by atoms with Crippen LogP contribution in [-0.2, 0) is 72.5 Å². The van der Waals surface area contributed by atoms with Gasteiger partial charge in [-0.15, -0.1) is 90.7 Å². The summed E-state index contributed by atoms with van der Waals surface area (Å²) in [5, 5.41) is 29.6. The van der Waals surface area contributed by atoms with Crippen LogP contribution in [0.2, 0.25) is 0 Å². The van der Waals surface area contributed by atoms with Crippen LogP contribution in [0.4, 0.5) is 22.7 Å². The van der Waals surface area contributed by atoms with E-state index in [0.717, 1.165) is 201 Å². The van der Waals surface area contributed by atoms with Gasteiger partial charge in [0, 0.05) is 123 Å². The SMILES string of the molecule is CCCCS(=O)c1sc2nc(-c3nccs3)cc(-c3ccc(CN(C)C)cc3)c2c1N.CCCCS(=O)c1sc2nc(-c3nccs3)cc(-c3ccc(CO)cc3)c2c1N.CCCCS(=O)c1sc2nc(-c3nccs3)cc(-c3ccc(COC(C)=O)cc3)c2c1N.CCCCS(=O)c1sc2nc(-c3nccs3)cc(-c3cccc(C(=O)NCCNC)c3)c2c1N. The van der Waals surface area contributed by atoms with Crippen molar-refractivity contribution < 1.29 is 36.3 Å². The van der Waals surface area contributed by atoms with Gasteiger partial charge in [0.15, 0.2) is 0 Å². The highest BCUT2D eigenvalue weighted by Gasteiger charge is 2.28. The molecule has 656 valence electrons. The number of thiophene rings is 4. The summed E-state index contributed by atoms with van der Waals surface area (Å²) in [5.41, 5.74) is 42.6. The van der Waals surface area contributed by atoms with Crippen molar-refractivity contribution in [1.29, 1.82) is 0 Å². The molecular weight excluding hydrogens is 1820 g/mol. The molecule has 126 heavy (non-hydrogen) atoms. The lowest BCUT2D eigenvalue weighted by Gasteiger charge is -2.11. The van der Waals surface area contributed by atoms with Gasteiger partial charge in [-0.3, -0.25) is 26.4 Å². The molecule has 0 radical (unpaired) electrons. The fourth-order valence-electron chi connectivity index (χ4n) is 13.4. The number of pyridine rings is 4. The van der Waals surface area contributed by atoms with Gasteiger partial charge >= 0.3 is 5.97 Å². The lowest BCUT2D eigenvalue weighted by atomic mass is 9.99. The molecule has 12 aromatic heterocycles. The van der Waals surface area contributed by atoms with E-state index in [2.05, 4.69) is 108 Å². The summed E-state index contributed by atoms with van der Waals surface area (Å²) in [6.45, 7) is 12.1. The molecule has 0 fully saturated rings. The van der Waals surface area contributed by atoms with Crippen molar-refractivity contribution in [3.63, 3.8) is 0 Å². The van der Waals surface area contributed by atoms with Crippen LogP contribution in [0, 0.1) is 0 Å². The van der Waals surface area contributed by atoms with Gasteiger partial charge in [0.2, 0.25) is 0 Å². The summed E-state index contributed by atoms with van der Waals surface area (Å²) in [5.74, 6) is 1.95. The first-order valence-electron chi connectivity index (χ1n) is 40.9. The smallest absolute Gasteiger partial charge is 0.302 e. The number of aliphatic hydroxyl groups is 1. The molecule has 0 aliphatic rings. The quantitative estimate of drug-likeness (QED) is 0.0148. The molecule has 23 nitrogen and oxygen atoms in total. The van der Waals surface area contributed by atoms with Crippen molar-refractivity contribution in [2.45, 2.75) is 123 Å². The number of hydrogen-bond donors (Lipinski definition) is 7. The number of likely N-dealkylation sites (N-methyl/N-ethyl adjacent to an activating group) is 1. The number of thiazole rings is 4. The maximum Gasteiger partial charge on any atom is 0.302 e. The second kappa shape index (κ2) is 44.9. The normalized spacial score (nSPS) is 12.4. The summed E-state index contributed by atoms with van der Waals surface area (Å²) < 4.78 is 59.4. The second-order valence-corrected chi connectivity index (χ2v) is 44.0. The first-order valence-corrected chi connectivity index (χ1v) is 52.9. The van der Waals surface area contributed by atoms with Gasteiger partial charge in [0.05, 0.1) is 72.6 Å². The molecule has 16 aromatic rings. The largest absolute Gasteiger partial charge is 0.461 e. The zero-order valence-corrected chi connectivity index (χ0v) is 80.5. The van der Waals surface area contributed by atoms with Crippen LogP contribution in [0.25, 0.3) is 128 Å². The number of amides is 1. The molecule has 4 atom stereocenters. The maximum absolute atomic E-state index is 13.0. The van der Waals surface area contributed by atoms with E-state index in [1.807, 2.05) is 113 Å². The van der Waals surface area contributed by atoms with E-state index in [4.69, 9.17) is 47.6 Å². The molecule has 0 aliphatic heterocycles. The van der Waals surface area contributed by atoms with Crippen LogP contribution in [0.5, 0.6) is 0 Å². The Hall–Kier alpha value is -9.54. The van der Waals surface area contributed by atoms with E-state index in [0.29, 0.717) is 77.0 Å². The van der Waals surface area contributed by atoms with Gasteiger partial charge in [-0.25, -0.2) is 39.9 Å². The predicted molar refractivity (Wildman–Crippen MR) is 532 cm³/mol. The third-order valence-electron chi connectivity index (χ3n) is 19.8. The van der Waals surface area contributed by atoms with Crippen LogP contribution in [0.3, 0.4) is 0 Å². The molecule has 0 bridgehead atoms. The Balaban J connectivity index is 0.000000144. The lowest BCUT2D eigenvalue weighted by molar-refractivity contribution is -0.142. The highest BCUT2D eigenvalue weighted by molar-refractivity contribution is 7.88. The number of aromatic nitrogens is 8. The Morgan fingerprint density at radius 1 is 0.437 bits per heavy atom. The van der Waals surface area contributed by atoms with Crippen LogP contribution in [-0.4, -0.2) is 136 Å². The predicted octanol–water partition coefficient (Wildman–Crippen LogP) is 20.9. The average Bonchev–Trinajstić information content (AvgIpc) is 1.62. The molecule has 12 heterocycles. The van der Waals surface area contributed by atoms with Crippen LogP contribution >= 0.6 is 90.7 Å². The maximum atomic E-state index is 13.0.